The van der Waals surface area contributed by atoms with E-state index in [0.717, 1.165) is 17.5 Å². The molecule has 6 nitrogen and oxygen atoms in total. The number of fused-ring (bicyclic) bond motifs is 3. The Bertz CT molecular complexity index is 724. The first-order valence-corrected chi connectivity index (χ1v) is 8.11. The highest BCUT2D eigenvalue weighted by molar-refractivity contribution is 5.91. The van der Waals surface area contributed by atoms with Gasteiger partial charge in [0, 0.05) is 17.9 Å². The summed E-state index contributed by atoms with van der Waals surface area (Å²) in [5, 5.41) is 7.37. The van der Waals surface area contributed by atoms with Gasteiger partial charge >= 0.3 is 0 Å². The molecule has 22 heavy (non-hydrogen) atoms. The predicted molar refractivity (Wildman–Crippen MR) is 81.4 cm³/mol. The molecule has 0 radical (unpaired) electrons. The van der Waals surface area contributed by atoms with Gasteiger partial charge in [0.15, 0.2) is 0 Å². The largest absolute Gasteiger partial charge is 0.347 e. The van der Waals surface area contributed by atoms with Crippen molar-refractivity contribution in [2.75, 3.05) is 0 Å². The standard InChI is InChI=1S/C16H21N5O/c1-9-5-6-17-16-19-14(20-21(9)16)15(22)18-10(2)13-8-11-3-4-12(13)7-11/h5-6,10-13H,3-4,7-8H2,1-2H3,(H,18,22)/t10-,11-,12-,13-/m0/s1. The number of hydrogen-bond donors (Lipinski definition) is 1. The molecule has 2 aliphatic carbocycles. The molecule has 116 valence electrons. The summed E-state index contributed by atoms with van der Waals surface area (Å²) in [4.78, 5) is 20.8. The molecule has 2 bridgehead atoms. The Balaban J connectivity index is 1.50. The molecule has 1 N–H and O–H groups in total. The van der Waals surface area contributed by atoms with E-state index in [9.17, 15) is 4.79 Å². The maximum Gasteiger partial charge on any atom is 0.291 e. The highest BCUT2D eigenvalue weighted by Gasteiger charge is 2.42. The van der Waals surface area contributed by atoms with Crippen LogP contribution in [0.1, 0.15) is 48.9 Å². The van der Waals surface area contributed by atoms with Crippen molar-refractivity contribution in [2.24, 2.45) is 17.8 Å². The predicted octanol–water partition coefficient (Wildman–Crippen LogP) is 1.99. The molecule has 0 unspecified atom stereocenters. The second-order valence-corrected chi connectivity index (χ2v) is 6.83. The van der Waals surface area contributed by atoms with Crippen LogP contribution in [0.5, 0.6) is 0 Å². The van der Waals surface area contributed by atoms with Crippen LogP contribution in [0.15, 0.2) is 12.3 Å². The first-order valence-electron chi connectivity index (χ1n) is 8.11. The van der Waals surface area contributed by atoms with Gasteiger partial charge < -0.3 is 5.32 Å². The Hall–Kier alpha value is -1.98. The van der Waals surface area contributed by atoms with Gasteiger partial charge in [0.1, 0.15) is 0 Å². The zero-order chi connectivity index (χ0) is 15.3. The molecule has 4 rings (SSSR count). The van der Waals surface area contributed by atoms with Gasteiger partial charge in [-0.2, -0.15) is 4.98 Å². The number of aromatic nitrogens is 4. The van der Waals surface area contributed by atoms with Gasteiger partial charge in [-0.05, 0) is 56.9 Å². The number of nitrogens with one attached hydrogen (secondary N) is 1. The summed E-state index contributed by atoms with van der Waals surface area (Å²) in [5.41, 5.74) is 0.915. The van der Waals surface area contributed by atoms with Crippen LogP contribution < -0.4 is 5.32 Å². The summed E-state index contributed by atoms with van der Waals surface area (Å²) in [6.45, 7) is 4.03. The van der Waals surface area contributed by atoms with Crippen molar-refractivity contribution in [3.63, 3.8) is 0 Å². The van der Waals surface area contributed by atoms with E-state index in [1.807, 2.05) is 13.0 Å². The zero-order valence-electron chi connectivity index (χ0n) is 13.0. The highest BCUT2D eigenvalue weighted by atomic mass is 16.2. The summed E-state index contributed by atoms with van der Waals surface area (Å²) in [5.74, 6) is 2.77. The van der Waals surface area contributed by atoms with Gasteiger partial charge in [0.2, 0.25) is 5.82 Å². The molecule has 6 heteroatoms. The normalized spacial score (nSPS) is 28.2. The molecule has 0 aliphatic heterocycles. The Kier molecular flexibility index (Phi) is 3.13. The minimum Gasteiger partial charge on any atom is -0.347 e. The summed E-state index contributed by atoms with van der Waals surface area (Å²) in [7, 11) is 0. The van der Waals surface area contributed by atoms with Crippen molar-refractivity contribution in [2.45, 2.75) is 45.6 Å². The fourth-order valence-electron chi connectivity index (χ4n) is 4.29. The van der Waals surface area contributed by atoms with Crippen molar-refractivity contribution < 1.29 is 4.79 Å². The van der Waals surface area contributed by atoms with Crippen LogP contribution in [0.25, 0.3) is 5.78 Å². The number of aryl methyl sites for hydroxylation is 1. The molecule has 1 amide bonds. The lowest BCUT2D eigenvalue weighted by molar-refractivity contribution is 0.0905. The van der Waals surface area contributed by atoms with Gasteiger partial charge in [-0.3, -0.25) is 4.79 Å². The average Bonchev–Trinajstić information content (AvgIpc) is 3.22. The van der Waals surface area contributed by atoms with Gasteiger partial charge in [-0.1, -0.05) is 6.42 Å². The minimum absolute atomic E-state index is 0.184. The van der Waals surface area contributed by atoms with E-state index >= 15 is 0 Å². The summed E-state index contributed by atoms with van der Waals surface area (Å²) >= 11 is 0. The lowest BCUT2D eigenvalue weighted by Crippen LogP contribution is -2.40. The van der Waals surface area contributed by atoms with Crippen LogP contribution >= 0.6 is 0 Å². The lowest BCUT2D eigenvalue weighted by Gasteiger charge is -2.28. The SMILES string of the molecule is Cc1ccnc2nc(C(=O)N[C@@H](C)[C@@H]3C[C@H]4CC[C@H]3C4)nn12. The van der Waals surface area contributed by atoms with Crippen molar-refractivity contribution in [1.29, 1.82) is 0 Å². The second kappa shape index (κ2) is 5.04. The zero-order valence-corrected chi connectivity index (χ0v) is 13.0. The van der Waals surface area contributed by atoms with Crippen LogP contribution in [0.2, 0.25) is 0 Å². The highest BCUT2D eigenvalue weighted by Crippen LogP contribution is 2.49. The monoisotopic (exact) mass is 299 g/mol. The smallest absolute Gasteiger partial charge is 0.291 e. The van der Waals surface area contributed by atoms with E-state index in [1.54, 1.807) is 10.7 Å². The van der Waals surface area contributed by atoms with Crippen LogP contribution in [0.4, 0.5) is 0 Å². The van der Waals surface area contributed by atoms with Crippen LogP contribution in [0.3, 0.4) is 0 Å². The molecule has 2 saturated carbocycles. The average molecular weight is 299 g/mol. The molecule has 2 heterocycles. The Morgan fingerprint density at radius 2 is 2.27 bits per heavy atom. The van der Waals surface area contributed by atoms with E-state index in [1.165, 1.54) is 25.7 Å². The van der Waals surface area contributed by atoms with E-state index < -0.39 is 0 Å². The minimum atomic E-state index is -0.194. The van der Waals surface area contributed by atoms with E-state index in [2.05, 4.69) is 27.3 Å². The molecule has 0 saturated heterocycles. The first-order chi connectivity index (χ1) is 10.6. The molecule has 2 aliphatic rings. The molecule has 2 fully saturated rings. The lowest BCUT2D eigenvalue weighted by atomic mass is 9.84. The van der Waals surface area contributed by atoms with Crippen LogP contribution in [0, 0.1) is 24.7 Å². The Morgan fingerprint density at radius 1 is 1.41 bits per heavy atom. The molecule has 4 atom stereocenters. The van der Waals surface area contributed by atoms with Crippen molar-refractivity contribution in [3.8, 4) is 0 Å². The summed E-state index contributed by atoms with van der Waals surface area (Å²) in [6.07, 6.45) is 6.98. The van der Waals surface area contributed by atoms with Gasteiger partial charge in [0.25, 0.3) is 11.7 Å². The Labute approximate surface area is 129 Å². The number of carbonyl (C=O) groups is 1. The number of amides is 1. The molecular formula is C16H21N5O. The van der Waals surface area contributed by atoms with Crippen molar-refractivity contribution >= 4 is 11.7 Å². The number of nitrogens with zero attached hydrogens (tertiary/aromatic N) is 4. The van der Waals surface area contributed by atoms with Gasteiger partial charge in [0.05, 0.1) is 0 Å². The van der Waals surface area contributed by atoms with Crippen molar-refractivity contribution in [1.82, 2.24) is 24.9 Å². The van der Waals surface area contributed by atoms with E-state index in [4.69, 9.17) is 0 Å². The fourth-order valence-corrected chi connectivity index (χ4v) is 4.29. The van der Waals surface area contributed by atoms with Crippen LogP contribution in [-0.2, 0) is 0 Å². The quantitative estimate of drug-likeness (QED) is 0.940. The van der Waals surface area contributed by atoms with E-state index in [-0.39, 0.29) is 17.8 Å². The third-order valence-corrected chi connectivity index (χ3v) is 5.43. The van der Waals surface area contributed by atoms with Gasteiger partial charge in [-0.15, -0.1) is 5.10 Å². The van der Waals surface area contributed by atoms with Gasteiger partial charge in [-0.25, -0.2) is 9.50 Å². The third kappa shape index (κ3) is 2.17. The topological polar surface area (TPSA) is 72.2 Å². The van der Waals surface area contributed by atoms with Crippen molar-refractivity contribution in [3.05, 3.63) is 23.8 Å². The third-order valence-electron chi connectivity index (χ3n) is 5.43. The Morgan fingerprint density at radius 3 is 2.95 bits per heavy atom. The van der Waals surface area contributed by atoms with E-state index in [0.29, 0.717) is 11.7 Å². The second-order valence-electron chi connectivity index (χ2n) is 6.83. The first kappa shape index (κ1) is 13.7. The summed E-state index contributed by atoms with van der Waals surface area (Å²) < 4.78 is 1.61. The molecule has 0 aromatic carbocycles. The summed E-state index contributed by atoms with van der Waals surface area (Å²) in [6, 6.07) is 2.03. The maximum atomic E-state index is 12.4. The molecule has 2 aromatic heterocycles. The maximum absolute atomic E-state index is 12.4. The number of hydrogen-bond acceptors (Lipinski definition) is 4. The molecule has 0 spiro atoms. The number of carbonyl (C=O) groups excluding carboxylic acids is 1. The number of rotatable bonds is 3. The van der Waals surface area contributed by atoms with Crippen LogP contribution in [-0.4, -0.2) is 31.5 Å². The fraction of sp³-hybridized carbons (Fsp3) is 0.625. The molecular weight excluding hydrogens is 278 g/mol. The molecule has 2 aromatic rings.